The van der Waals surface area contributed by atoms with Gasteiger partial charge in [0, 0.05) is 16.0 Å². The van der Waals surface area contributed by atoms with Crippen molar-refractivity contribution in [1.29, 1.82) is 0 Å². The summed E-state index contributed by atoms with van der Waals surface area (Å²) < 4.78 is 5.10. The lowest BCUT2D eigenvalue weighted by atomic mass is 9.84. The molecule has 15 heavy (non-hydrogen) atoms. The molecule has 0 bridgehead atoms. The number of aliphatic hydroxyl groups excluding tert-OH is 1. The highest BCUT2D eigenvalue weighted by Crippen LogP contribution is 2.42. The zero-order valence-electron chi connectivity index (χ0n) is 9.04. The molecule has 1 aromatic rings. The van der Waals surface area contributed by atoms with E-state index < -0.39 is 5.41 Å². The van der Waals surface area contributed by atoms with E-state index in [0.29, 0.717) is 16.3 Å². The number of methoxy groups -OCH3 is 1. The lowest BCUT2D eigenvalue weighted by Gasteiger charge is -2.26. The van der Waals surface area contributed by atoms with Gasteiger partial charge in [-0.25, -0.2) is 0 Å². The van der Waals surface area contributed by atoms with Crippen LogP contribution >= 0.6 is 11.6 Å². The van der Waals surface area contributed by atoms with Crippen LogP contribution in [0.5, 0.6) is 11.5 Å². The van der Waals surface area contributed by atoms with Crippen molar-refractivity contribution in [3.63, 3.8) is 0 Å². The number of rotatable bonds is 3. The molecule has 1 rings (SSSR count). The summed E-state index contributed by atoms with van der Waals surface area (Å²) in [4.78, 5) is 0. The molecule has 0 heterocycles. The van der Waals surface area contributed by atoms with Gasteiger partial charge in [0.15, 0.2) is 11.5 Å². The number of benzene rings is 1. The first kappa shape index (κ1) is 12.1. The van der Waals surface area contributed by atoms with Gasteiger partial charge >= 0.3 is 0 Å². The highest BCUT2D eigenvalue weighted by atomic mass is 35.5. The molecule has 0 saturated heterocycles. The van der Waals surface area contributed by atoms with Crippen LogP contribution in [-0.4, -0.2) is 23.9 Å². The first-order valence-corrected chi connectivity index (χ1v) is 4.98. The summed E-state index contributed by atoms with van der Waals surface area (Å²) in [7, 11) is 1.46. The van der Waals surface area contributed by atoms with Gasteiger partial charge in [0.05, 0.1) is 13.7 Å². The highest BCUT2D eigenvalue weighted by Gasteiger charge is 2.28. The summed E-state index contributed by atoms with van der Waals surface area (Å²) >= 11 is 6.04. The molecule has 0 fully saturated rings. The number of aliphatic hydroxyl groups is 1. The topological polar surface area (TPSA) is 49.7 Å². The Morgan fingerprint density at radius 2 is 2.00 bits per heavy atom. The van der Waals surface area contributed by atoms with Crippen molar-refractivity contribution in [1.82, 2.24) is 0 Å². The number of aromatic hydroxyl groups is 1. The van der Waals surface area contributed by atoms with Gasteiger partial charge in [-0.15, -0.1) is 0 Å². The average molecular weight is 231 g/mol. The smallest absolute Gasteiger partial charge is 0.165 e. The van der Waals surface area contributed by atoms with Crippen molar-refractivity contribution in [2.45, 2.75) is 19.3 Å². The zero-order chi connectivity index (χ0) is 11.6. The monoisotopic (exact) mass is 230 g/mol. The highest BCUT2D eigenvalue weighted by molar-refractivity contribution is 6.31. The maximum Gasteiger partial charge on any atom is 0.165 e. The molecule has 2 N–H and O–H groups in total. The first-order chi connectivity index (χ1) is 6.94. The minimum Gasteiger partial charge on any atom is -0.504 e. The van der Waals surface area contributed by atoms with Gasteiger partial charge in [-0.1, -0.05) is 25.4 Å². The second-order valence-electron chi connectivity index (χ2n) is 4.02. The molecule has 0 aliphatic carbocycles. The molecule has 0 saturated carbocycles. The van der Waals surface area contributed by atoms with E-state index in [0.717, 1.165) is 0 Å². The van der Waals surface area contributed by atoms with Gasteiger partial charge in [-0.2, -0.15) is 0 Å². The molecule has 3 nitrogen and oxygen atoms in total. The molecular weight excluding hydrogens is 216 g/mol. The standard InChI is InChI=1S/C11H15ClO3/c1-11(2,6-13)9-7(12)4-5-8(14)10(9)15-3/h4-5,13-14H,6H2,1-3H3. The Hall–Kier alpha value is -0.930. The van der Waals surface area contributed by atoms with Crippen molar-refractivity contribution in [2.24, 2.45) is 0 Å². The lowest BCUT2D eigenvalue weighted by Crippen LogP contribution is -2.23. The van der Waals surface area contributed by atoms with Gasteiger partial charge in [-0.3, -0.25) is 0 Å². The summed E-state index contributed by atoms with van der Waals surface area (Å²) in [6, 6.07) is 3.06. The van der Waals surface area contributed by atoms with Gasteiger partial charge in [-0.05, 0) is 12.1 Å². The maximum atomic E-state index is 9.61. The summed E-state index contributed by atoms with van der Waals surface area (Å²) in [5, 5.41) is 19.4. The van der Waals surface area contributed by atoms with Crippen LogP contribution in [0.3, 0.4) is 0 Å². The molecule has 4 heteroatoms. The minimum absolute atomic E-state index is 0.0263. The van der Waals surface area contributed by atoms with Gasteiger partial charge in [0.2, 0.25) is 0 Å². The van der Waals surface area contributed by atoms with Crippen molar-refractivity contribution >= 4 is 11.6 Å². The number of ether oxygens (including phenoxy) is 1. The van der Waals surface area contributed by atoms with E-state index in [1.807, 2.05) is 13.8 Å². The van der Waals surface area contributed by atoms with E-state index in [9.17, 15) is 10.2 Å². The van der Waals surface area contributed by atoms with Crippen LogP contribution in [-0.2, 0) is 5.41 Å². The third kappa shape index (κ3) is 2.19. The Bertz CT molecular complexity index is 361. The van der Waals surface area contributed by atoms with Crippen molar-refractivity contribution < 1.29 is 14.9 Å². The minimum atomic E-state index is -0.554. The van der Waals surface area contributed by atoms with E-state index in [-0.39, 0.29) is 12.4 Å². The second kappa shape index (κ2) is 4.29. The fourth-order valence-electron chi connectivity index (χ4n) is 1.46. The van der Waals surface area contributed by atoms with Crippen LogP contribution in [0.1, 0.15) is 19.4 Å². The second-order valence-corrected chi connectivity index (χ2v) is 4.42. The molecule has 0 unspecified atom stereocenters. The van der Waals surface area contributed by atoms with E-state index in [2.05, 4.69) is 0 Å². The van der Waals surface area contributed by atoms with Gasteiger partial charge in [0.1, 0.15) is 0 Å². The quantitative estimate of drug-likeness (QED) is 0.838. The number of halogens is 1. The Kier molecular flexibility index (Phi) is 3.47. The molecule has 1 aromatic carbocycles. The van der Waals surface area contributed by atoms with Gasteiger partial charge in [0.25, 0.3) is 0 Å². The van der Waals surface area contributed by atoms with Crippen molar-refractivity contribution in [2.75, 3.05) is 13.7 Å². The Labute approximate surface area is 94.3 Å². The van der Waals surface area contributed by atoms with Crippen molar-refractivity contribution in [3.8, 4) is 11.5 Å². The Morgan fingerprint density at radius 1 is 1.40 bits per heavy atom. The number of phenolic OH excluding ortho intramolecular Hbond substituents is 1. The van der Waals surface area contributed by atoms with Crippen LogP contribution in [0, 0.1) is 0 Å². The third-order valence-electron chi connectivity index (χ3n) is 2.36. The van der Waals surface area contributed by atoms with E-state index in [1.165, 1.54) is 13.2 Å². The molecular formula is C11H15ClO3. The van der Waals surface area contributed by atoms with E-state index >= 15 is 0 Å². The summed E-state index contributed by atoms with van der Waals surface area (Å²) in [6.45, 7) is 3.58. The molecule has 0 aliphatic rings. The van der Waals surface area contributed by atoms with Gasteiger partial charge < -0.3 is 14.9 Å². The fourth-order valence-corrected chi connectivity index (χ4v) is 1.87. The largest absolute Gasteiger partial charge is 0.504 e. The van der Waals surface area contributed by atoms with Crippen LogP contribution in [0.25, 0.3) is 0 Å². The predicted molar refractivity (Wildman–Crippen MR) is 59.8 cm³/mol. The normalized spacial score (nSPS) is 11.5. The van der Waals surface area contributed by atoms with Crippen LogP contribution in [0.2, 0.25) is 5.02 Å². The summed E-state index contributed by atoms with van der Waals surface area (Å²) in [5.74, 6) is 0.347. The van der Waals surface area contributed by atoms with Crippen LogP contribution in [0.4, 0.5) is 0 Å². The zero-order valence-corrected chi connectivity index (χ0v) is 9.80. The molecule has 0 amide bonds. The average Bonchev–Trinajstić information content (AvgIpc) is 2.20. The molecule has 0 atom stereocenters. The van der Waals surface area contributed by atoms with E-state index in [1.54, 1.807) is 6.07 Å². The third-order valence-corrected chi connectivity index (χ3v) is 2.68. The van der Waals surface area contributed by atoms with Crippen LogP contribution < -0.4 is 4.74 Å². The molecule has 84 valence electrons. The Balaban J connectivity index is 3.44. The number of hydrogen-bond donors (Lipinski definition) is 2. The molecule has 0 aromatic heterocycles. The SMILES string of the molecule is COc1c(O)ccc(Cl)c1C(C)(C)CO. The lowest BCUT2D eigenvalue weighted by molar-refractivity contribution is 0.214. The summed E-state index contributed by atoms with van der Waals surface area (Å²) in [5.41, 5.74) is 0.0652. The fraction of sp³-hybridized carbons (Fsp3) is 0.455. The number of hydrogen-bond acceptors (Lipinski definition) is 3. The predicted octanol–water partition coefficient (Wildman–Crippen LogP) is 2.32. The van der Waals surface area contributed by atoms with E-state index in [4.69, 9.17) is 16.3 Å². The molecule has 0 spiro atoms. The molecule has 0 radical (unpaired) electrons. The maximum absolute atomic E-state index is 9.61. The van der Waals surface area contributed by atoms with Crippen molar-refractivity contribution in [3.05, 3.63) is 22.7 Å². The van der Waals surface area contributed by atoms with Crippen LogP contribution in [0.15, 0.2) is 12.1 Å². The number of phenols is 1. The first-order valence-electron chi connectivity index (χ1n) is 4.61. The Morgan fingerprint density at radius 3 is 2.47 bits per heavy atom. The molecule has 0 aliphatic heterocycles. The summed E-state index contributed by atoms with van der Waals surface area (Å²) in [6.07, 6.45) is 0.